The highest BCUT2D eigenvalue weighted by Crippen LogP contribution is 2.27. The fraction of sp³-hybridized carbons (Fsp3) is 0.421. The van der Waals surface area contributed by atoms with E-state index in [1.165, 1.54) is 43.5 Å². The van der Waals surface area contributed by atoms with Crippen molar-refractivity contribution in [3.63, 3.8) is 0 Å². The first kappa shape index (κ1) is 15.2. The summed E-state index contributed by atoms with van der Waals surface area (Å²) in [5.41, 5.74) is 4.37. The average Bonchev–Trinajstić information content (AvgIpc) is 2.62. The molecule has 3 heteroatoms. The van der Waals surface area contributed by atoms with Crippen LogP contribution in [-0.2, 0) is 6.61 Å². The summed E-state index contributed by atoms with van der Waals surface area (Å²) in [6.45, 7) is 4.72. The first-order valence-corrected chi connectivity index (χ1v) is 8.18. The molecule has 0 radical (unpaired) electrons. The lowest BCUT2D eigenvalue weighted by atomic mass is 9.99. The van der Waals surface area contributed by atoms with Gasteiger partial charge in [-0.3, -0.25) is 9.88 Å². The summed E-state index contributed by atoms with van der Waals surface area (Å²) in [5.74, 6) is 0. The molecule has 1 aromatic heterocycles. The number of rotatable bonds is 4. The Labute approximate surface area is 132 Å². The number of hydrogen-bond acceptors (Lipinski definition) is 3. The number of pyridine rings is 1. The summed E-state index contributed by atoms with van der Waals surface area (Å²) in [6, 6.07) is 13.2. The smallest absolute Gasteiger partial charge is 0.0853 e. The Balaban J connectivity index is 1.76. The molecule has 1 N–H and O–H groups in total. The van der Waals surface area contributed by atoms with Gasteiger partial charge in [0.25, 0.3) is 0 Å². The lowest BCUT2D eigenvalue weighted by Crippen LogP contribution is -2.32. The maximum absolute atomic E-state index is 9.20. The monoisotopic (exact) mass is 296 g/mol. The van der Waals surface area contributed by atoms with Crippen molar-refractivity contribution in [2.75, 3.05) is 13.1 Å². The number of benzene rings is 1. The van der Waals surface area contributed by atoms with Gasteiger partial charge in [0, 0.05) is 12.2 Å². The lowest BCUT2D eigenvalue weighted by molar-refractivity contribution is 0.175. The lowest BCUT2D eigenvalue weighted by Gasteiger charge is -2.32. The van der Waals surface area contributed by atoms with Crippen molar-refractivity contribution in [3.8, 4) is 11.1 Å². The van der Waals surface area contributed by atoms with Gasteiger partial charge in [0.05, 0.1) is 12.3 Å². The average molecular weight is 296 g/mol. The quantitative estimate of drug-likeness (QED) is 0.932. The molecule has 1 fully saturated rings. The van der Waals surface area contributed by atoms with Gasteiger partial charge in [-0.1, -0.05) is 30.7 Å². The largest absolute Gasteiger partial charge is 0.390 e. The number of piperidine rings is 1. The van der Waals surface area contributed by atoms with Crippen LogP contribution in [0.1, 0.15) is 43.5 Å². The van der Waals surface area contributed by atoms with Crippen LogP contribution >= 0.6 is 0 Å². The van der Waals surface area contributed by atoms with Crippen LogP contribution in [0, 0.1) is 0 Å². The van der Waals surface area contributed by atoms with E-state index >= 15 is 0 Å². The fourth-order valence-electron chi connectivity index (χ4n) is 3.21. The summed E-state index contributed by atoms with van der Waals surface area (Å²) >= 11 is 0. The molecule has 0 amide bonds. The Morgan fingerprint density at radius 1 is 1.05 bits per heavy atom. The number of hydrogen-bond donors (Lipinski definition) is 1. The first-order valence-electron chi connectivity index (χ1n) is 8.18. The molecule has 0 bridgehead atoms. The normalized spacial score (nSPS) is 17.4. The molecular formula is C19H24N2O. The minimum absolute atomic E-state index is 0.0160. The maximum Gasteiger partial charge on any atom is 0.0853 e. The molecule has 116 valence electrons. The van der Waals surface area contributed by atoms with E-state index in [9.17, 15) is 5.11 Å². The van der Waals surface area contributed by atoms with Crippen molar-refractivity contribution < 1.29 is 5.11 Å². The fourth-order valence-corrected chi connectivity index (χ4v) is 3.21. The highest BCUT2D eigenvalue weighted by Gasteiger charge is 2.17. The van der Waals surface area contributed by atoms with Gasteiger partial charge in [0.1, 0.15) is 0 Å². The second kappa shape index (κ2) is 7.03. The van der Waals surface area contributed by atoms with Crippen LogP contribution in [-0.4, -0.2) is 28.1 Å². The van der Waals surface area contributed by atoms with Crippen LogP contribution in [0.25, 0.3) is 11.1 Å². The van der Waals surface area contributed by atoms with E-state index in [4.69, 9.17) is 0 Å². The summed E-state index contributed by atoms with van der Waals surface area (Å²) < 4.78 is 0. The summed E-state index contributed by atoms with van der Waals surface area (Å²) in [4.78, 5) is 6.71. The minimum atomic E-state index is -0.0160. The molecule has 2 heterocycles. The molecule has 1 aromatic carbocycles. The predicted molar refractivity (Wildman–Crippen MR) is 89.4 cm³/mol. The van der Waals surface area contributed by atoms with E-state index < -0.39 is 0 Å². The second-order valence-electron chi connectivity index (χ2n) is 6.09. The van der Waals surface area contributed by atoms with Crippen LogP contribution in [0.2, 0.25) is 0 Å². The van der Waals surface area contributed by atoms with Gasteiger partial charge in [-0.05, 0) is 61.7 Å². The molecule has 22 heavy (non-hydrogen) atoms. The molecule has 1 aliphatic heterocycles. The van der Waals surface area contributed by atoms with Crippen molar-refractivity contribution in [1.82, 2.24) is 9.88 Å². The Morgan fingerprint density at radius 3 is 2.45 bits per heavy atom. The second-order valence-corrected chi connectivity index (χ2v) is 6.09. The molecular weight excluding hydrogens is 272 g/mol. The van der Waals surface area contributed by atoms with E-state index in [1.807, 2.05) is 12.1 Å². The van der Waals surface area contributed by atoms with Gasteiger partial charge in [-0.2, -0.15) is 0 Å². The third-order valence-electron chi connectivity index (χ3n) is 4.64. The summed E-state index contributed by atoms with van der Waals surface area (Å²) in [5, 5.41) is 9.20. The van der Waals surface area contributed by atoms with Crippen molar-refractivity contribution in [2.24, 2.45) is 0 Å². The number of aromatic nitrogens is 1. The van der Waals surface area contributed by atoms with Crippen LogP contribution < -0.4 is 0 Å². The molecule has 1 saturated heterocycles. The van der Waals surface area contributed by atoms with Crippen molar-refractivity contribution >= 4 is 0 Å². The zero-order chi connectivity index (χ0) is 15.4. The third kappa shape index (κ3) is 3.37. The Hall–Kier alpha value is -1.71. The van der Waals surface area contributed by atoms with E-state index in [-0.39, 0.29) is 6.61 Å². The van der Waals surface area contributed by atoms with Crippen LogP contribution in [0.5, 0.6) is 0 Å². The molecule has 3 nitrogen and oxygen atoms in total. The molecule has 2 aromatic rings. The molecule has 1 aliphatic rings. The first-order chi connectivity index (χ1) is 10.8. The van der Waals surface area contributed by atoms with E-state index in [2.05, 4.69) is 41.1 Å². The van der Waals surface area contributed by atoms with E-state index in [0.717, 1.165) is 5.56 Å². The van der Waals surface area contributed by atoms with Gasteiger partial charge < -0.3 is 5.11 Å². The highest BCUT2D eigenvalue weighted by molar-refractivity contribution is 5.63. The third-order valence-corrected chi connectivity index (χ3v) is 4.64. The van der Waals surface area contributed by atoms with Crippen molar-refractivity contribution in [1.29, 1.82) is 0 Å². The van der Waals surface area contributed by atoms with E-state index in [1.54, 1.807) is 6.20 Å². The Morgan fingerprint density at radius 2 is 1.77 bits per heavy atom. The SMILES string of the molecule is CC(c1ccc(-c2ccnc(CO)c2)cc1)N1CCCCC1. The molecule has 3 rings (SSSR count). The molecule has 1 atom stereocenters. The summed E-state index contributed by atoms with van der Waals surface area (Å²) in [7, 11) is 0. The predicted octanol–water partition coefficient (Wildman–Crippen LogP) is 3.79. The van der Waals surface area contributed by atoms with Crippen molar-refractivity contribution in [2.45, 2.75) is 38.8 Å². The van der Waals surface area contributed by atoms with Gasteiger partial charge in [0.15, 0.2) is 0 Å². The zero-order valence-corrected chi connectivity index (χ0v) is 13.2. The Kier molecular flexibility index (Phi) is 4.86. The van der Waals surface area contributed by atoms with Gasteiger partial charge in [-0.25, -0.2) is 0 Å². The number of nitrogens with zero attached hydrogens (tertiary/aromatic N) is 2. The number of likely N-dealkylation sites (tertiary alicyclic amines) is 1. The van der Waals surface area contributed by atoms with Gasteiger partial charge >= 0.3 is 0 Å². The van der Waals surface area contributed by atoms with Gasteiger partial charge in [-0.15, -0.1) is 0 Å². The van der Waals surface area contributed by atoms with Crippen LogP contribution in [0.3, 0.4) is 0 Å². The van der Waals surface area contributed by atoms with Gasteiger partial charge in [0.2, 0.25) is 0 Å². The topological polar surface area (TPSA) is 36.4 Å². The number of aliphatic hydroxyl groups excluding tert-OH is 1. The van der Waals surface area contributed by atoms with E-state index in [0.29, 0.717) is 11.7 Å². The number of aliphatic hydroxyl groups is 1. The minimum Gasteiger partial charge on any atom is -0.390 e. The molecule has 1 unspecified atom stereocenters. The Bertz CT molecular complexity index is 603. The van der Waals surface area contributed by atoms with Crippen LogP contribution in [0.4, 0.5) is 0 Å². The van der Waals surface area contributed by atoms with Crippen LogP contribution in [0.15, 0.2) is 42.6 Å². The van der Waals surface area contributed by atoms with Crippen molar-refractivity contribution in [3.05, 3.63) is 53.9 Å². The standard InChI is InChI=1S/C19H24N2O/c1-15(21-11-3-2-4-12-21)16-5-7-17(8-6-16)18-9-10-20-19(13-18)14-22/h5-10,13,15,22H,2-4,11-12,14H2,1H3. The maximum atomic E-state index is 9.20. The molecule has 0 spiro atoms. The highest BCUT2D eigenvalue weighted by atomic mass is 16.3. The molecule has 0 saturated carbocycles. The zero-order valence-electron chi connectivity index (χ0n) is 13.2. The summed E-state index contributed by atoms with van der Waals surface area (Å²) in [6.07, 6.45) is 5.77. The molecule has 0 aliphatic carbocycles.